The Morgan fingerprint density at radius 1 is 1.15 bits per heavy atom. The molecule has 8 nitrogen and oxygen atoms in total. The van der Waals surface area contributed by atoms with Crippen molar-refractivity contribution in [3.05, 3.63) is 35.4 Å². The molecule has 26 heavy (non-hydrogen) atoms. The molecular weight excluding hydrogens is 328 g/mol. The van der Waals surface area contributed by atoms with E-state index >= 15 is 0 Å². The summed E-state index contributed by atoms with van der Waals surface area (Å²) in [5.41, 5.74) is 3.43. The highest BCUT2D eigenvalue weighted by Gasteiger charge is 2.21. The molecule has 1 fully saturated rings. The number of aliphatic imine (C=N–C) groups is 1. The van der Waals surface area contributed by atoms with E-state index in [0.29, 0.717) is 6.54 Å². The molecule has 1 aliphatic rings. The average molecular weight is 356 g/mol. The van der Waals surface area contributed by atoms with Crippen molar-refractivity contribution in [3.8, 4) is 0 Å². The zero-order valence-electron chi connectivity index (χ0n) is 16.1. The zero-order valence-corrected chi connectivity index (χ0v) is 16.1. The van der Waals surface area contributed by atoms with Gasteiger partial charge in [-0.3, -0.25) is 4.68 Å². The normalized spacial score (nSPS) is 15.5. The Hall–Kier alpha value is -2.64. The first-order chi connectivity index (χ1) is 12.6. The largest absolute Gasteiger partial charge is 0.357 e. The Kier molecular flexibility index (Phi) is 5.70. The minimum absolute atomic E-state index is 0.649. The maximum atomic E-state index is 4.87. The van der Waals surface area contributed by atoms with Gasteiger partial charge in [0.2, 0.25) is 5.95 Å². The van der Waals surface area contributed by atoms with Crippen LogP contribution in [0.25, 0.3) is 0 Å². The SMILES string of the molecule is CCNC(=NCc1c(C)nn(C)c1C)N1CCN(c2ncccn2)CC1. The number of aromatic nitrogens is 4. The minimum Gasteiger partial charge on any atom is -0.357 e. The van der Waals surface area contributed by atoms with Crippen LogP contribution in [0.1, 0.15) is 23.9 Å². The van der Waals surface area contributed by atoms with Crippen LogP contribution >= 0.6 is 0 Å². The lowest BCUT2D eigenvalue weighted by molar-refractivity contribution is 0.370. The summed E-state index contributed by atoms with van der Waals surface area (Å²) in [5, 5.41) is 7.91. The Morgan fingerprint density at radius 2 is 1.85 bits per heavy atom. The molecular formula is C18H28N8. The first kappa shape index (κ1) is 18.2. The van der Waals surface area contributed by atoms with Crippen LogP contribution in [0.3, 0.4) is 0 Å². The smallest absolute Gasteiger partial charge is 0.225 e. The average Bonchev–Trinajstić information content (AvgIpc) is 2.91. The highest BCUT2D eigenvalue weighted by Crippen LogP contribution is 2.14. The Balaban J connectivity index is 1.67. The first-order valence-electron chi connectivity index (χ1n) is 9.14. The third-order valence-corrected chi connectivity index (χ3v) is 4.79. The van der Waals surface area contributed by atoms with Crippen LogP contribution in [0, 0.1) is 13.8 Å². The first-order valence-corrected chi connectivity index (χ1v) is 9.14. The van der Waals surface area contributed by atoms with Crippen LogP contribution in [0.5, 0.6) is 0 Å². The molecule has 0 spiro atoms. The summed E-state index contributed by atoms with van der Waals surface area (Å²) in [7, 11) is 1.98. The second kappa shape index (κ2) is 8.16. The summed E-state index contributed by atoms with van der Waals surface area (Å²) in [6.45, 7) is 11.3. The van der Waals surface area contributed by atoms with E-state index in [1.807, 2.05) is 24.7 Å². The maximum Gasteiger partial charge on any atom is 0.225 e. The van der Waals surface area contributed by atoms with Gasteiger partial charge in [0.1, 0.15) is 0 Å². The van der Waals surface area contributed by atoms with Gasteiger partial charge < -0.3 is 15.1 Å². The monoisotopic (exact) mass is 356 g/mol. The number of hydrogen-bond donors (Lipinski definition) is 1. The molecule has 1 aliphatic heterocycles. The topological polar surface area (TPSA) is 74.5 Å². The predicted octanol–water partition coefficient (Wildman–Crippen LogP) is 1.11. The molecule has 3 rings (SSSR count). The van der Waals surface area contributed by atoms with Crippen molar-refractivity contribution in [2.24, 2.45) is 12.0 Å². The van der Waals surface area contributed by atoms with E-state index in [2.05, 4.69) is 44.0 Å². The summed E-state index contributed by atoms with van der Waals surface area (Å²) in [5.74, 6) is 1.76. The van der Waals surface area contributed by atoms with Gasteiger partial charge in [0.05, 0.1) is 12.2 Å². The Bertz CT molecular complexity index is 744. The molecule has 0 amide bonds. The van der Waals surface area contributed by atoms with Gasteiger partial charge in [-0.25, -0.2) is 15.0 Å². The van der Waals surface area contributed by atoms with Crippen LogP contribution in [0.2, 0.25) is 0 Å². The van der Waals surface area contributed by atoms with Gasteiger partial charge in [0.25, 0.3) is 0 Å². The van der Waals surface area contributed by atoms with Gasteiger partial charge in [-0.1, -0.05) is 0 Å². The Labute approximate surface area is 155 Å². The lowest BCUT2D eigenvalue weighted by Gasteiger charge is -2.36. The van der Waals surface area contributed by atoms with Crippen LogP contribution in [-0.4, -0.2) is 63.3 Å². The van der Waals surface area contributed by atoms with Gasteiger partial charge in [0.15, 0.2) is 5.96 Å². The van der Waals surface area contributed by atoms with Crippen molar-refractivity contribution in [1.29, 1.82) is 0 Å². The molecule has 0 bridgehead atoms. The lowest BCUT2D eigenvalue weighted by atomic mass is 10.2. The van der Waals surface area contributed by atoms with Crippen molar-refractivity contribution in [1.82, 2.24) is 30.0 Å². The standard InChI is InChI=1S/C18H28N8/c1-5-19-17(22-13-16-14(2)23-24(4)15(16)3)25-9-11-26(12-10-25)18-20-7-6-8-21-18/h6-8H,5,9-13H2,1-4H3,(H,19,22). The molecule has 0 unspecified atom stereocenters. The summed E-state index contributed by atoms with van der Waals surface area (Å²) in [6.07, 6.45) is 3.58. The highest BCUT2D eigenvalue weighted by molar-refractivity contribution is 5.80. The molecule has 2 aromatic heterocycles. The molecule has 0 aliphatic carbocycles. The molecule has 2 aromatic rings. The van der Waals surface area contributed by atoms with E-state index in [9.17, 15) is 0 Å². The van der Waals surface area contributed by atoms with Crippen molar-refractivity contribution in [2.75, 3.05) is 37.6 Å². The van der Waals surface area contributed by atoms with Crippen LogP contribution in [-0.2, 0) is 13.6 Å². The van der Waals surface area contributed by atoms with Gasteiger partial charge in [0, 0.05) is 63.4 Å². The fourth-order valence-corrected chi connectivity index (χ4v) is 3.20. The van der Waals surface area contributed by atoms with Crippen molar-refractivity contribution >= 4 is 11.9 Å². The molecule has 140 valence electrons. The summed E-state index contributed by atoms with van der Waals surface area (Å²) in [6, 6.07) is 1.85. The number of piperazine rings is 1. The quantitative estimate of drug-likeness (QED) is 0.654. The molecule has 0 saturated carbocycles. The summed E-state index contributed by atoms with van der Waals surface area (Å²) < 4.78 is 1.92. The van der Waals surface area contributed by atoms with Gasteiger partial charge in [-0.05, 0) is 26.8 Å². The van der Waals surface area contributed by atoms with E-state index in [1.165, 1.54) is 11.3 Å². The number of guanidine groups is 1. The van der Waals surface area contributed by atoms with Gasteiger partial charge in [-0.2, -0.15) is 5.10 Å². The Morgan fingerprint density at radius 3 is 2.42 bits per heavy atom. The number of rotatable bonds is 4. The molecule has 3 heterocycles. The fourth-order valence-electron chi connectivity index (χ4n) is 3.20. The van der Waals surface area contributed by atoms with E-state index in [0.717, 1.165) is 50.3 Å². The second-order valence-electron chi connectivity index (χ2n) is 6.47. The third kappa shape index (κ3) is 3.95. The lowest BCUT2D eigenvalue weighted by Crippen LogP contribution is -2.53. The number of nitrogens with zero attached hydrogens (tertiary/aromatic N) is 7. The van der Waals surface area contributed by atoms with Crippen molar-refractivity contribution in [3.63, 3.8) is 0 Å². The maximum absolute atomic E-state index is 4.87. The molecule has 1 N–H and O–H groups in total. The molecule has 0 radical (unpaired) electrons. The van der Waals surface area contributed by atoms with E-state index in [1.54, 1.807) is 12.4 Å². The number of nitrogens with one attached hydrogen (secondary N) is 1. The minimum atomic E-state index is 0.649. The fraction of sp³-hybridized carbons (Fsp3) is 0.556. The van der Waals surface area contributed by atoms with E-state index in [-0.39, 0.29) is 0 Å². The summed E-state index contributed by atoms with van der Waals surface area (Å²) >= 11 is 0. The van der Waals surface area contributed by atoms with E-state index in [4.69, 9.17) is 4.99 Å². The third-order valence-electron chi connectivity index (χ3n) is 4.79. The highest BCUT2D eigenvalue weighted by atomic mass is 15.4. The number of anilines is 1. The molecule has 1 saturated heterocycles. The van der Waals surface area contributed by atoms with Crippen molar-refractivity contribution in [2.45, 2.75) is 27.3 Å². The summed E-state index contributed by atoms with van der Waals surface area (Å²) in [4.78, 5) is 18.1. The van der Waals surface area contributed by atoms with Gasteiger partial charge >= 0.3 is 0 Å². The van der Waals surface area contributed by atoms with Crippen LogP contribution < -0.4 is 10.2 Å². The van der Waals surface area contributed by atoms with E-state index < -0.39 is 0 Å². The predicted molar refractivity (Wildman–Crippen MR) is 103 cm³/mol. The van der Waals surface area contributed by atoms with Crippen LogP contribution in [0.15, 0.2) is 23.5 Å². The van der Waals surface area contributed by atoms with Crippen molar-refractivity contribution < 1.29 is 0 Å². The number of aryl methyl sites for hydroxylation is 2. The van der Waals surface area contributed by atoms with Gasteiger partial charge in [-0.15, -0.1) is 0 Å². The molecule has 8 heteroatoms. The zero-order chi connectivity index (χ0) is 18.5. The second-order valence-corrected chi connectivity index (χ2v) is 6.47. The van der Waals surface area contributed by atoms with Crippen LogP contribution in [0.4, 0.5) is 5.95 Å². The molecule has 0 aromatic carbocycles. The number of hydrogen-bond acceptors (Lipinski definition) is 5. The molecule has 0 atom stereocenters.